The number of carbonyl (C=O) groups excluding carboxylic acids is 3. The number of aromatic nitrogens is 2. The van der Waals surface area contributed by atoms with Crippen molar-refractivity contribution in [1.82, 2.24) is 20.2 Å². The first-order chi connectivity index (χ1) is 14.8. The third-order valence-corrected chi connectivity index (χ3v) is 6.25. The van der Waals surface area contributed by atoms with Crippen LogP contribution < -0.4 is 10.6 Å². The van der Waals surface area contributed by atoms with E-state index in [1.165, 1.54) is 5.56 Å². The van der Waals surface area contributed by atoms with Gasteiger partial charge in [-0.3, -0.25) is 19.7 Å². The second kappa shape index (κ2) is 6.94. The predicted octanol–water partition coefficient (Wildman–Crippen LogP) is 2.63. The topological polar surface area (TPSA) is 107 Å². The summed E-state index contributed by atoms with van der Waals surface area (Å²) in [5.41, 5.74) is 4.54. The van der Waals surface area contributed by atoms with Gasteiger partial charge in [0.15, 0.2) is 0 Å². The molecule has 1 atom stereocenters. The molecule has 1 saturated heterocycles. The summed E-state index contributed by atoms with van der Waals surface area (Å²) in [6, 6.07) is 11.8. The number of hydrogen-bond acceptors (Lipinski definition) is 5. The van der Waals surface area contributed by atoms with Crippen LogP contribution >= 0.6 is 0 Å². The molecule has 1 unspecified atom stereocenters. The minimum Gasteiger partial charge on any atom is -0.352 e. The summed E-state index contributed by atoms with van der Waals surface area (Å²) in [4.78, 5) is 46.4. The van der Waals surface area contributed by atoms with Gasteiger partial charge >= 0.3 is 0 Å². The summed E-state index contributed by atoms with van der Waals surface area (Å²) >= 11 is 0. The van der Waals surface area contributed by atoms with Crippen LogP contribution in [0.4, 0.5) is 5.95 Å². The van der Waals surface area contributed by atoms with E-state index >= 15 is 0 Å². The van der Waals surface area contributed by atoms with Gasteiger partial charge in [-0.05, 0) is 55.2 Å². The zero-order valence-corrected chi connectivity index (χ0v) is 17.4. The Balaban J connectivity index is 1.33. The van der Waals surface area contributed by atoms with Crippen molar-refractivity contribution < 1.29 is 14.4 Å². The molecule has 3 heterocycles. The lowest BCUT2D eigenvalue weighted by molar-refractivity contribution is -0.142. The van der Waals surface area contributed by atoms with E-state index in [0.29, 0.717) is 31.0 Å². The number of amides is 3. The van der Waals surface area contributed by atoms with Crippen molar-refractivity contribution in [1.29, 1.82) is 0 Å². The van der Waals surface area contributed by atoms with Gasteiger partial charge in [0.25, 0.3) is 11.8 Å². The van der Waals surface area contributed by atoms with Crippen molar-refractivity contribution in [3.8, 4) is 0 Å². The Morgan fingerprint density at radius 3 is 2.81 bits per heavy atom. The molecule has 1 aromatic heterocycles. The van der Waals surface area contributed by atoms with E-state index < -0.39 is 11.4 Å². The first-order valence-corrected chi connectivity index (χ1v) is 10.3. The smallest absolute Gasteiger partial charge is 0.255 e. The second-order valence-corrected chi connectivity index (χ2v) is 8.49. The maximum Gasteiger partial charge on any atom is 0.255 e. The number of imidazole rings is 1. The van der Waals surface area contributed by atoms with Crippen LogP contribution in [0.15, 0.2) is 36.4 Å². The number of H-pyrrole nitrogens is 1. The van der Waals surface area contributed by atoms with Crippen molar-refractivity contribution in [2.75, 3.05) is 5.32 Å². The van der Waals surface area contributed by atoms with E-state index in [1.54, 1.807) is 11.8 Å². The van der Waals surface area contributed by atoms with Crippen LogP contribution in [0.1, 0.15) is 46.8 Å². The second-order valence-electron chi connectivity index (χ2n) is 8.49. The first kappa shape index (κ1) is 19.3. The van der Waals surface area contributed by atoms with E-state index in [-0.39, 0.29) is 18.2 Å². The highest BCUT2D eigenvalue weighted by Crippen LogP contribution is 2.34. The summed E-state index contributed by atoms with van der Waals surface area (Å²) in [5, 5.41) is 5.67. The predicted molar refractivity (Wildman–Crippen MR) is 115 cm³/mol. The van der Waals surface area contributed by atoms with Crippen LogP contribution in [0.3, 0.4) is 0 Å². The molecule has 0 aliphatic carbocycles. The molecule has 0 saturated carbocycles. The number of rotatable bonds is 4. The van der Waals surface area contributed by atoms with E-state index in [9.17, 15) is 14.4 Å². The van der Waals surface area contributed by atoms with E-state index in [0.717, 1.165) is 22.2 Å². The van der Waals surface area contributed by atoms with Crippen LogP contribution in [-0.2, 0) is 22.7 Å². The zero-order chi connectivity index (χ0) is 21.8. The van der Waals surface area contributed by atoms with E-state index in [4.69, 9.17) is 0 Å². The van der Waals surface area contributed by atoms with Gasteiger partial charge in [-0.25, -0.2) is 4.98 Å². The van der Waals surface area contributed by atoms with Gasteiger partial charge in [-0.2, -0.15) is 0 Å². The van der Waals surface area contributed by atoms with Gasteiger partial charge in [-0.1, -0.05) is 18.2 Å². The van der Waals surface area contributed by atoms with Gasteiger partial charge < -0.3 is 15.2 Å². The molecule has 0 radical (unpaired) electrons. The summed E-state index contributed by atoms with van der Waals surface area (Å²) in [6.45, 7) is 4.67. The quantitative estimate of drug-likeness (QED) is 0.566. The van der Waals surface area contributed by atoms with Crippen LogP contribution in [0, 0.1) is 6.92 Å². The number of anilines is 1. The Labute approximate surface area is 179 Å². The molecule has 1 fully saturated rings. The van der Waals surface area contributed by atoms with Gasteiger partial charge in [0, 0.05) is 25.1 Å². The molecule has 0 bridgehead atoms. The number of imide groups is 1. The maximum atomic E-state index is 13.0. The Hall–Kier alpha value is -3.68. The Morgan fingerprint density at radius 1 is 1.16 bits per heavy atom. The lowest BCUT2D eigenvalue weighted by Crippen LogP contribution is -2.61. The number of hydrogen-bond donors (Lipinski definition) is 3. The lowest BCUT2D eigenvalue weighted by Gasteiger charge is -2.39. The Bertz CT molecular complexity index is 1250. The molecule has 2 aliphatic heterocycles. The third kappa shape index (κ3) is 3.24. The highest BCUT2D eigenvalue weighted by atomic mass is 16.2. The molecule has 3 N–H and O–H groups in total. The Kier molecular flexibility index (Phi) is 4.32. The summed E-state index contributed by atoms with van der Waals surface area (Å²) in [5.74, 6) is -0.184. The van der Waals surface area contributed by atoms with Crippen LogP contribution in [-0.4, -0.2) is 38.1 Å². The summed E-state index contributed by atoms with van der Waals surface area (Å²) in [6.07, 6.45) is 0.561. The van der Waals surface area contributed by atoms with Crippen LogP contribution in [0.25, 0.3) is 11.0 Å². The average molecular weight is 417 g/mol. The van der Waals surface area contributed by atoms with Gasteiger partial charge in [0.1, 0.15) is 5.54 Å². The Morgan fingerprint density at radius 2 is 2.00 bits per heavy atom. The number of aryl methyl sites for hydroxylation is 1. The monoisotopic (exact) mass is 417 g/mol. The molecule has 31 heavy (non-hydrogen) atoms. The van der Waals surface area contributed by atoms with Crippen molar-refractivity contribution in [2.24, 2.45) is 0 Å². The van der Waals surface area contributed by atoms with Crippen molar-refractivity contribution in [3.05, 3.63) is 58.7 Å². The summed E-state index contributed by atoms with van der Waals surface area (Å²) in [7, 11) is 0. The summed E-state index contributed by atoms with van der Waals surface area (Å²) < 4.78 is 0. The minimum atomic E-state index is -1.02. The fourth-order valence-electron chi connectivity index (χ4n) is 4.33. The highest BCUT2D eigenvalue weighted by molar-refractivity contribution is 6.07. The molecule has 8 heteroatoms. The molecular weight excluding hydrogens is 394 g/mol. The van der Waals surface area contributed by atoms with Crippen LogP contribution in [0.2, 0.25) is 0 Å². The van der Waals surface area contributed by atoms with Gasteiger partial charge in [0.05, 0.1) is 11.0 Å². The number of carbonyl (C=O) groups is 3. The third-order valence-electron chi connectivity index (χ3n) is 6.25. The normalized spacial score (nSPS) is 20.8. The molecule has 5 rings (SSSR count). The van der Waals surface area contributed by atoms with Crippen LogP contribution in [0.5, 0.6) is 0 Å². The fourth-order valence-corrected chi connectivity index (χ4v) is 4.33. The van der Waals surface area contributed by atoms with Crippen molar-refractivity contribution >= 4 is 34.7 Å². The number of aromatic amines is 1. The largest absolute Gasteiger partial charge is 0.352 e. The number of benzene rings is 2. The first-order valence-electron chi connectivity index (χ1n) is 10.3. The van der Waals surface area contributed by atoms with Crippen molar-refractivity contribution in [2.45, 2.75) is 45.3 Å². The van der Waals surface area contributed by atoms with E-state index in [1.807, 2.05) is 37.3 Å². The molecule has 8 nitrogen and oxygen atoms in total. The lowest BCUT2D eigenvalue weighted by atomic mass is 9.89. The molecule has 3 amide bonds. The molecule has 3 aromatic rings. The molecule has 2 aromatic carbocycles. The van der Waals surface area contributed by atoms with E-state index in [2.05, 4.69) is 26.7 Å². The molecule has 0 spiro atoms. The van der Waals surface area contributed by atoms with Gasteiger partial charge in [-0.15, -0.1) is 0 Å². The highest BCUT2D eigenvalue weighted by Gasteiger charge is 2.48. The SMILES string of the molecule is Cc1ccc2nc(NCc3ccc4c(c3)CN(C3(C)CCC(=O)NC3=O)C4=O)[nH]c2c1. The zero-order valence-electron chi connectivity index (χ0n) is 17.4. The van der Waals surface area contributed by atoms with Gasteiger partial charge in [0.2, 0.25) is 11.9 Å². The van der Waals surface area contributed by atoms with Crippen molar-refractivity contribution in [3.63, 3.8) is 0 Å². The number of nitrogens with one attached hydrogen (secondary N) is 3. The number of fused-ring (bicyclic) bond motifs is 2. The number of piperidine rings is 1. The average Bonchev–Trinajstić information content (AvgIpc) is 3.30. The minimum absolute atomic E-state index is 0.172. The number of nitrogens with zero attached hydrogens (tertiary/aromatic N) is 2. The molecular formula is C23H23N5O3. The molecule has 158 valence electrons. The maximum absolute atomic E-state index is 13.0. The molecule has 2 aliphatic rings. The standard InChI is InChI=1S/C23H23N5O3/c1-13-3-6-17-18(9-13)26-22(25-17)24-11-14-4-5-16-15(10-14)12-28(20(16)30)23(2)8-7-19(29)27-21(23)31/h3-6,9-10H,7-8,11-12H2,1-2H3,(H2,24,25,26)(H,27,29,31). The fraction of sp³-hybridized carbons (Fsp3) is 0.304.